The Bertz CT molecular complexity index is 584. The molecule has 0 fully saturated rings. The molecule has 0 unspecified atom stereocenters. The van der Waals surface area contributed by atoms with Gasteiger partial charge in [-0.15, -0.1) is 0 Å². The fourth-order valence-electron chi connectivity index (χ4n) is 1.40. The molecule has 2 N–H and O–H groups in total. The number of benzene rings is 1. The van der Waals surface area contributed by atoms with Gasteiger partial charge in [-0.1, -0.05) is 23.7 Å². The summed E-state index contributed by atoms with van der Waals surface area (Å²) in [5, 5.41) is 9.20. The summed E-state index contributed by atoms with van der Waals surface area (Å²) in [5.74, 6) is -1.42. The van der Waals surface area contributed by atoms with Crippen molar-refractivity contribution in [3.63, 3.8) is 0 Å². The Morgan fingerprint density at radius 2 is 1.95 bits per heavy atom. The summed E-state index contributed by atoms with van der Waals surface area (Å²) < 4.78 is 0. The molecule has 19 heavy (non-hydrogen) atoms. The normalized spacial score (nSPS) is 9.95. The summed E-state index contributed by atoms with van der Waals surface area (Å²) >= 11 is 7.42. The zero-order valence-electron chi connectivity index (χ0n) is 9.85. The fraction of sp³-hybridized carbons (Fsp3) is 0.0769. The van der Waals surface area contributed by atoms with E-state index < -0.39 is 11.8 Å². The van der Waals surface area contributed by atoms with E-state index in [1.165, 1.54) is 11.3 Å². The maximum absolute atomic E-state index is 11.6. The van der Waals surface area contributed by atoms with E-state index in [0.717, 1.165) is 5.56 Å². The minimum Gasteiger partial charge on any atom is -0.344 e. The van der Waals surface area contributed by atoms with Gasteiger partial charge in [-0.25, -0.2) is 0 Å². The molecule has 98 valence electrons. The predicted molar refractivity (Wildman–Crippen MR) is 76.2 cm³/mol. The van der Waals surface area contributed by atoms with Crippen LogP contribution in [-0.2, 0) is 16.1 Å². The van der Waals surface area contributed by atoms with Crippen LogP contribution in [0.5, 0.6) is 0 Å². The Balaban J connectivity index is 1.89. The van der Waals surface area contributed by atoms with E-state index in [-0.39, 0.29) is 0 Å². The first-order valence-corrected chi connectivity index (χ1v) is 6.83. The second-order valence-electron chi connectivity index (χ2n) is 3.75. The zero-order chi connectivity index (χ0) is 13.7. The van der Waals surface area contributed by atoms with Crippen LogP contribution >= 0.6 is 22.9 Å². The van der Waals surface area contributed by atoms with Crippen molar-refractivity contribution in [2.75, 3.05) is 5.32 Å². The summed E-state index contributed by atoms with van der Waals surface area (Å²) in [4.78, 5) is 23.2. The van der Waals surface area contributed by atoms with Crippen LogP contribution in [0, 0.1) is 0 Å². The highest BCUT2D eigenvalue weighted by atomic mass is 35.5. The monoisotopic (exact) mass is 294 g/mol. The topological polar surface area (TPSA) is 58.2 Å². The van der Waals surface area contributed by atoms with Gasteiger partial charge in [-0.05, 0) is 34.5 Å². The van der Waals surface area contributed by atoms with Gasteiger partial charge in [0, 0.05) is 6.54 Å². The second-order valence-corrected chi connectivity index (χ2v) is 4.94. The van der Waals surface area contributed by atoms with Gasteiger partial charge >= 0.3 is 11.8 Å². The van der Waals surface area contributed by atoms with Crippen molar-refractivity contribution in [2.45, 2.75) is 6.54 Å². The lowest BCUT2D eigenvalue weighted by atomic mass is 10.3. The maximum atomic E-state index is 11.6. The van der Waals surface area contributed by atoms with Gasteiger partial charge in [0.05, 0.1) is 10.7 Å². The molecule has 2 aromatic rings. The van der Waals surface area contributed by atoms with E-state index in [4.69, 9.17) is 11.6 Å². The van der Waals surface area contributed by atoms with E-state index in [1.807, 2.05) is 16.8 Å². The zero-order valence-corrected chi connectivity index (χ0v) is 11.4. The Kier molecular flexibility index (Phi) is 4.54. The maximum Gasteiger partial charge on any atom is 0.313 e. The average Bonchev–Trinajstić information content (AvgIpc) is 2.91. The first kappa shape index (κ1) is 13.6. The SMILES string of the molecule is O=C(NCc1ccsc1)C(=O)Nc1ccccc1Cl. The Morgan fingerprint density at radius 1 is 1.16 bits per heavy atom. The van der Waals surface area contributed by atoms with Gasteiger partial charge in [0.2, 0.25) is 0 Å². The lowest BCUT2D eigenvalue weighted by Crippen LogP contribution is -2.34. The molecule has 0 saturated heterocycles. The molecule has 2 rings (SSSR count). The minimum absolute atomic E-state index is 0.332. The number of hydrogen-bond donors (Lipinski definition) is 2. The van der Waals surface area contributed by atoms with Gasteiger partial charge in [-0.3, -0.25) is 9.59 Å². The van der Waals surface area contributed by atoms with Crippen LogP contribution < -0.4 is 10.6 Å². The van der Waals surface area contributed by atoms with Crippen LogP contribution in [0.3, 0.4) is 0 Å². The summed E-state index contributed by atoms with van der Waals surface area (Å²) in [6.07, 6.45) is 0. The van der Waals surface area contributed by atoms with Gasteiger partial charge in [-0.2, -0.15) is 11.3 Å². The Hall–Kier alpha value is -1.85. The standard InChI is InChI=1S/C13H11ClN2O2S/c14-10-3-1-2-4-11(10)16-13(18)12(17)15-7-9-5-6-19-8-9/h1-6,8H,7H2,(H,15,17)(H,16,18). The summed E-state index contributed by atoms with van der Waals surface area (Å²) in [6.45, 7) is 0.332. The van der Waals surface area contributed by atoms with E-state index in [1.54, 1.807) is 24.3 Å². The molecule has 0 saturated carbocycles. The van der Waals surface area contributed by atoms with Crippen LogP contribution in [0.4, 0.5) is 5.69 Å². The average molecular weight is 295 g/mol. The second kappa shape index (κ2) is 6.36. The van der Waals surface area contributed by atoms with Crippen molar-refractivity contribution in [1.29, 1.82) is 0 Å². The van der Waals surface area contributed by atoms with Crippen molar-refractivity contribution in [3.8, 4) is 0 Å². The molecular formula is C13H11ClN2O2S. The highest BCUT2D eigenvalue weighted by Crippen LogP contribution is 2.20. The quantitative estimate of drug-likeness (QED) is 0.855. The van der Waals surface area contributed by atoms with Gasteiger partial charge in [0.15, 0.2) is 0 Å². The molecule has 0 spiro atoms. The van der Waals surface area contributed by atoms with Crippen LogP contribution in [0.15, 0.2) is 41.1 Å². The molecule has 4 nitrogen and oxygen atoms in total. The number of thiophene rings is 1. The molecule has 2 amide bonds. The lowest BCUT2D eigenvalue weighted by molar-refractivity contribution is -0.136. The van der Waals surface area contributed by atoms with Gasteiger partial charge < -0.3 is 10.6 Å². The third-order valence-corrected chi connectivity index (χ3v) is 3.42. The molecular weight excluding hydrogens is 284 g/mol. The first-order chi connectivity index (χ1) is 9.16. The fourth-order valence-corrected chi connectivity index (χ4v) is 2.25. The molecule has 0 atom stereocenters. The van der Waals surface area contributed by atoms with E-state index in [2.05, 4.69) is 10.6 Å². The van der Waals surface area contributed by atoms with E-state index >= 15 is 0 Å². The summed E-state index contributed by atoms with van der Waals surface area (Å²) in [5.41, 5.74) is 1.38. The van der Waals surface area contributed by atoms with Crippen molar-refractivity contribution in [3.05, 3.63) is 51.7 Å². The summed E-state index contributed by atoms with van der Waals surface area (Å²) in [7, 11) is 0. The molecule has 0 aliphatic heterocycles. The summed E-state index contributed by atoms with van der Waals surface area (Å²) in [6, 6.07) is 8.63. The number of amides is 2. The van der Waals surface area contributed by atoms with Crippen LogP contribution in [-0.4, -0.2) is 11.8 Å². The van der Waals surface area contributed by atoms with E-state index in [9.17, 15) is 9.59 Å². The van der Waals surface area contributed by atoms with Gasteiger partial charge in [0.1, 0.15) is 0 Å². The highest BCUT2D eigenvalue weighted by Gasteiger charge is 2.14. The smallest absolute Gasteiger partial charge is 0.313 e. The van der Waals surface area contributed by atoms with Crippen molar-refractivity contribution in [2.24, 2.45) is 0 Å². The first-order valence-electron chi connectivity index (χ1n) is 5.51. The number of hydrogen-bond acceptors (Lipinski definition) is 3. The molecule has 0 aliphatic carbocycles. The molecule has 6 heteroatoms. The lowest BCUT2D eigenvalue weighted by Gasteiger charge is -2.07. The van der Waals surface area contributed by atoms with Crippen molar-refractivity contribution >= 4 is 40.4 Å². The number of carbonyl (C=O) groups excluding carboxylic acids is 2. The number of nitrogens with one attached hydrogen (secondary N) is 2. The van der Waals surface area contributed by atoms with Crippen molar-refractivity contribution < 1.29 is 9.59 Å². The largest absolute Gasteiger partial charge is 0.344 e. The molecule has 1 aromatic carbocycles. The Morgan fingerprint density at radius 3 is 2.63 bits per heavy atom. The van der Waals surface area contributed by atoms with E-state index in [0.29, 0.717) is 17.3 Å². The van der Waals surface area contributed by atoms with Crippen LogP contribution in [0.25, 0.3) is 0 Å². The molecule has 1 aromatic heterocycles. The third kappa shape index (κ3) is 3.81. The molecule has 0 radical (unpaired) electrons. The van der Waals surface area contributed by atoms with Crippen LogP contribution in [0.2, 0.25) is 5.02 Å². The van der Waals surface area contributed by atoms with Gasteiger partial charge in [0.25, 0.3) is 0 Å². The number of para-hydroxylation sites is 1. The number of anilines is 1. The third-order valence-electron chi connectivity index (χ3n) is 2.36. The van der Waals surface area contributed by atoms with Crippen molar-refractivity contribution in [1.82, 2.24) is 5.32 Å². The molecule has 0 aliphatic rings. The molecule has 1 heterocycles. The number of carbonyl (C=O) groups is 2. The predicted octanol–water partition coefficient (Wildman–Crippen LogP) is 2.66. The highest BCUT2D eigenvalue weighted by molar-refractivity contribution is 7.07. The number of rotatable bonds is 3. The molecule has 0 bridgehead atoms. The minimum atomic E-state index is -0.733. The number of halogens is 1. The Labute approximate surface area is 119 Å². The van der Waals surface area contributed by atoms with Crippen LogP contribution in [0.1, 0.15) is 5.56 Å².